The van der Waals surface area contributed by atoms with Gasteiger partial charge >= 0.3 is 0 Å². The highest BCUT2D eigenvalue weighted by Gasteiger charge is 2.19. The van der Waals surface area contributed by atoms with Crippen LogP contribution in [0.25, 0.3) is 9.40 Å². The van der Waals surface area contributed by atoms with Gasteiger partial charge in [-0.3, -0.25) is 4.68 Å². The molecule has 0 bridgehead atoms. The minimum absolute atomic E-state index is 0.252. The number of hydrogen-bond donors (Lipinski definition) is 1. The molecule has 1 N–H and O–H groups in total. The first-order valence-corrected chi connectivity index (χ1v) is 8.75. The van der Waals surface area contributed by atoms with E-state index in [0.29, 0.717) is 0 Å². The topological polar surface area (TPSA) is 29.9 Å². The molecular weight excluding hydrogens is 286 g/mol. The molecule has 0 radical (unpaired) electrons. The summed E-state index contributed by atoms with van der Waals surface area (Å²) < 4.78 is 4.85. The Morgan fingerprint density at radius 2 is 2.20 bits per heavy atom. The lowest BCUT2D eigenvalue weighted by Gasteiger charge is -2.18. The summed E-state index contributed by atoms with van der Waals surface area (Å²) in [5.74, 6) is 0. The van der Waals surface area contributed by atoms with Gasteiger partial charge in [0.05, 0.1) is 11.7 Å². The molecule has 1 unspecified atom stereocenters. The van der Waals surface area contributed by atoms with Crippen molar-refractivity contribution in [1.29, 1.82) is 0 Å². The highest BCUT2D eigenvalue weighted by Crippen LogP contribution is 2.35. The molecule has 0 fully saturated rings. The highest BCUT2D eigenvalue weighted by atomic mass is 32.1. The number of fused-ring (bicyclic) bond motifs is 1. The van der Waals surface area contributed by atoms with Crippen LogP contribution < -0.4 is 5.32 Å². The molecule has 3 heterocycles. The van der Waals surface area contributed by atoms with Crippen molar-refractivity contribution in [3.8, 4) is 0 Å². The van der Waals surface area contributed by atoms with Crippen LogP contribution in [0.3, 0.4) is 0 Å². The summed E-state index contributed by atoms with van der Waals surface area (Å²) >= 11 is 3.70. The lowest BCUT2D eigenvalue weighted by atomic mass is 10.1. The molecule has 0 aromatic carbocycles. The first-order chi connectivity index (χ1) is 9.83. The fourth-order valence-corrected chi connectivity index (χ4v) is 4.63. The van der Waals surface area contributed by atoms with Gasteiger partial charge in [0.25, 0.3) is 0 Å². The summed E-state index contributed by atoms with van der Waals surface area (Å²) in [6.07, 6.45) is 3.03. The maximum atomic E-state index is 4.41. The molecule has 0 aliphatic rings. The summed E-state index contributed by atoms with van der Waals surface area (Å²) in [6, 6.07) is 6.92. The molecule has 3 nitrogen and oxygen atoms in total. The Labute approximate surface area is 127 Å². The van der Waals surface area contributed by atoms with Gasteiger partial charge in [-0.2, -0.15) is 5.10 Å². The number of nitrogens with zero attached hydrogens (tertiary/aromatic N) is 2. The number of aromatic nitrogens is 2. The fraction of sp³-hybridized carbons (Fsp3) is 0.400. The first kappa shape index (κ1) is 13.8. The monoisotopic (exact) mass is 305 g/mol. The maximum Gasteiger partial charge on any atom is 0.0842 e. The Morgan fingerprint density at radius 1 is 1.30 bits per heavy atom. The smallest absolute Gasteiger partial charge is 0.0842 e. The highest BCUT2D eigenvalue weighted by molar-refractivity contribution is 7.27. The van der Waals surface area contributed by atoms with Gasteiger partial charge in [-0.1, -0.05) is 6.92 Å². The van der Waals surface area contributed by atoms with Crippen molar-refractivity contribution in [2.45, 2.75) is 32.9 Å². The van der Waals surface area contributed by atoms with Crippen LogP contribution in [0.1, 0.15) is 36.9 Å². The standard InChI is InChI=1S/C15H19N3S2/c1-3-7-16-15(11-5-8-17-18(11)4-2)14-10-13-12(20-14)6-9-19-13/h5-6,8-10,15-16H,3-4,7H2,1-2H3. The van der Waals surface area contributed by atoms with Gasteiger partial charge < -0.3 is 5.32 Å². The number of nitrogens with one attached hydrogen (secondary N) is 1. The van der Waals surface area contributed by atoms with Gasteiger partial charge in [0, 0.05) is 27.0 Å². The van der Waals surface area contributed by atoms with E-state index in [0.717, 1.165) is 19.5 Å². The van der Waals surface area contributed by atoms with Crippen LogP contribution in [0, 0.1) is 0 Å². The van der Waals surface area contributed by atoms with E-state index >= 15 is 0 Å². The van der Waals surface area contributed by atoms with Crippen molar-refractivity contribution in [1.82, 2.24) is 15.1 Å². The van der Waals surface area contributed by atoms with E-state index in [4.69, 9.17) is 0 Å². The summed E-state index contributed by atoms with van der Waals surface area (Å²) in [4.78, 5) is 1.38. The molecule has 3 rings (SSSR count). The van der Waals surface area contributed by atoms with Gasteiger partial charge in [-0.25, -0.2) is 0 Å². The van der Waals surface area contributed by atoms with E-state index in [1.807, 2.05) is 28.9 Å². The zero-order chi connectivity index (χ0) is 13.9. The van der Waals surface area contributed by atoms with Gasteiger partial charge in [0.15, 0.2) is 0 Å². The molecule has 0 aliphatic heterocycles. The molecule has 0 saturated heterocycles. The number of hydrogen-bond acceptors (Lipinski definition) is 4. The fourth-order valence-electron chi connectivity index (χ4n) is 2.42. The van der Waals surface area contributed by atoms with Gasteiger partial charge in [-0.05, 0) is 43.5 Å². The van der Waals surface area contributed by atoms with Crippen molar-refractivity contribution in [3.63, 3.8) is 0 Å². The SMILES string of the molecule is CCCNC(c1cc2sccc2s1)c1ccnn1CC. The van der Waals surface area contributed by atoms with Crippen molar-refractivity contribution in [3.05, 3.63) is 40.3 Å². The third kappa shape index (κ3) is 2.53. The largest absolute Gasteiger partial charge is 0.304 e. The average Bonchev–Trinajstić information content (AvgIpc) is 3.13. The predicted molar refractivity (Wildman–Crippen MR) is 87.7 cm³/mol. The summed E-state index contributed by atoms with van der Waals surface area (Å²) in [5.41, 5.74) is 1.26. The van der Waals surface area contributed by atoms with E-state index in [9.17, 15) is 0 Å². The Kier molecular flexibility index (Phi) is 4.19. The van der Waals surface area contributed by atoms with Crippen molar-refractivity contribution >= 4 is 32.1 Å². The molecule has 3 aromatic rings. The van der Waals surface area contributed by atoms with E-state index < -0.39 is 0 Å². The predicted octanol–water partition coefficient (Wildman–Crippen LogP) is 4.27. The minimum atomic E-state index is 0.252. The molecule has 5 heteroatoms. The van der Waals surface area contributed by atoms with E-state index in [1.54, 1.807) is 0 Å². The second-order valence-corrected chi connectivity index (χ2v) is 6.82. The van der Waals surface area contributed by atoms with Crippen LogP contribution in [0.5, 0.6) is 0 Å². The normalized spacial score (nSPS) is 13.1. The molecule has 0 spiro atoms. The molecule has 0 saturated carbocycles. The summed E-state index contributed by atoms with van der Waals surface area (Å²) in [5, 5.41) is 10.2. The van der Waals surface area contributed by atoms with Gasteiger partial charge in [-0.15, -0.1) is 22.7 Å². The Morgan fingerprint density at radius 3 is 2.95 bits per heavy atom. The second kappa shape index (κ2) is 6.08. The lowest BCUT2D eigenvalue weighted by molar-refractivity contribution is 0.535. The number of thiophene rings is 2. The summed E-state index contributed by atoms with van der Waals surface area (Å²) in [7, 11) is 0. The quantitative estimate of drug-likeness (QED) is 0.737. The molecule has 20 heavy (non-hydrogen) atoms. The average molecular weight is 305 g/mol. The van der Waals surface area contributed by atoms with Crippen LogP contribution in [-0.2, 0) is 6.54 Å². The van der Waals surface area contributed by atoms with E-state index in [1.165, 1.54) is 20.0 Å². The Bertz CT molecular complexity index is 651. The van der Waals surface area contributed by atoms with Crippen LogP contribution in [0.15, 0.2) is 29.8 Å². The van der Waals surface area contributed by atoms with Crippen LogP contribution in [0.2, 0.25) is 0 Å². The number of rotatable bonds is 6. The molecule has 1 atom stereocenters. The van der Waals surface area contributed by atoms with E-state index in [2.05, 4.69) is 52.5 Å². The van der Waals surface area contributed by atoms with Crippen molar-refractivity contribution in [2.75, 3.05) is 6.54 Å². The molecule has 0 amide bonds. The van der Waals surface area contributed by atoms with Crippen LogP contribution >= 0.6 is 22.7 Å². The van der Waals surface area contributed by atoms with E-state index in [-0.39, 0.29) is 6.04 Å². The lowest BCUT2D eigenvalue weighted by Crippen LogP contribution is -2.25. The molecule has 106 valence electrons. The number of aryl methyl sites for hydroxylation is 1. The third-order valence-electron chi connectivity index (χ3n) is 3.39. The Balaban J connectivity index is 1.99. The van der Waals surface area contributed by atoms with Crippen LogP contribution in [-0.4, -0.2) is 16.3 Å². The zero-order valence-electron chi connectivity index (χ0n) is 11.8. The second-order valence-electron chi connectivity index (χ2n) is 4.76. The third-order valence-corrected chi connectivity index (χ3v) is 5.54. The minimum Gasteiger partial charge on any atom is -0.304 e. The van der Waals surface area contributed by atoms with Crippen molar-refractivity contribution in [2.24, 2.45) is 0 Å². The molecular formula is C15H19N3S2. The van der Waals surface area contributed by atoms with Gasteiger partial charge in [0.1, 0.15) is 0 Å². The van der Waals surface area contributed by atoms with Crippen LogP contribution in [0.4, 0.5) is 0 Å². The van der Waals surface area contributed by atoms with Crippen molar-refractivity contribution < 1.29 is 0 Å². The molecule has 3 aromatic heterocycles. The maximum absolute atomic E-state index is 4.41. The van der Waals surface area contributed by atoms with Gasteiger partial charge in [0.2, 0.25) is 0 Å². The Hall–Kier alpha value is -1.17. The first-order valence-electron chi connectivity index (χ1n) is 7.05. The molecule has 0 aliphatic carbocycles. The zero-order valence-corrected chi connectivity index (χ0v) is 13.4. The summed E-state index contributed by atoms with van der Waals surface area (Å²) in [6.45, 7) is 6.27.